The molecule has 2 aromatic rings. The second kappa shape index (κ2) is 12.3. The number of amidine groups is 2. The maximum atomic E-state index is 12.6. The molecule has 40 heavy (non-hydrogen) atoms. The number of rotatable bonds is 5. The van der Waals surface area contributed by atoms with Crippen LogP contribution >= 0.6 is 0 Å². The molecular weight excluding hydrogens is 508 g/mol. The fourth-order valence-corrected chi connectivity index (χ4v) is 5.07. The predicted molar refractivity (Wildman–Crippen MR) is 157 cm³/mol. The van der Waals surface area contributed by atoms with Gasteiger partial charge in [-0.1, -0.05) is 0 Å². The van der Waals surface area contributed by atoms with Crippen molar-refractivity contribution in [3.63, 3.8) is 0 Å². The highest BCUT2D eigenvalue weighted by atomic mass is 16.6. The predicted octanol–water partition coefficient (Wildman–Crippen LogP) is 5.49. The van der Waals surface area contributed by atoms with Crippen LogP contribution < -0.4 is 14.8 Å². The number of ether oxygens (including phenoxy) is 3. The summed E-state index contributed by atoms with van der Waals surface area (Å²) >= 11 is 0. The number of hydrogen-bond donors (Lipinski definition) is 2. The number of hydrogen-bond acceptors (Lipinski definition) is 6. The quantitative estimate of drug-likeness (QED) is 0.375. The Morgan fingerprint density at radius 1 is 1.20 bits per heavy atom. The zero-order chi connectivity index (χ0) is 29.0. The summed E-state index contributed by atoms with van der Waals surface area (Å²) in [6.45, 7) is 16.0. The number of aromatic nitrogens is 2. The van der Waals surface area contributed by atoms with Crippen molar-refractivity contribution < 1.29 is 19.0 Å². The molecule has 1 fully saturated rings. The standard InChI is InChI=1S/C30H44N6O4/c1-19(2)32-27(33-21(4)31)25-18-36-15-16-38-26-17-23(10-11-24(26)28(36)34-25)39-20(3)22-9-8-13-35(14-12-22)29(37)40-30(5,6)7/h10-11,17-20,22H,8-9,12-16H2,1-7H3,(H2,31,32,33). The first kappa shape index (κ1) is 29.4. The number of imidazole rings is 1. The van der Waals surface area contributed by atoms with E-state index in [0.29, 0.717) is 43.7 Å². The van der Waals surface area contributed by atoms with Crippen LogP contribution in [0.15, 0.2) is 29.4 Å². The number of nitrogens with zero attached hydrogens (tertiary/aromatic N) is 4. The lowest BCUT2D eigenvalue weighted by Gasteiger charge is -2.27. The van der Waals surface area contributed by atoms with Crippen molar-refractivity contribution in [1.29, 1.82) is 5.41 Å². The molecule has 2 unspecified atom stereocenters. The van der Waals surface area contributed by atoms with E-state index in [1.165, 1.54) is 0 Å². The monoisotopic (exact) mass is 552 g/mol. The smallest absolute Gasteiger partial charge is 0.410 e. The molecule has 2 atom stereocenters. The van der Waals surface area contributed by atoms with Gasteiger partial charge in [-0.25, -0.2) is 14.8 Å². The van der Waals surface area contributed by atoms with Gasteiger partial charge in [0.25, 0.3) is 0 Å². The van der Waals surface area contributed by atoms with Crippen LogP contribution in [0.5, 0.6) is 11.5 Å². The Kier molecular flexibility index (Phi) is 9.05. The van der Waals surface area contributed by atoms with Gasteiger partial charge >= 0.3 is 6.09 Å². The highest BCUT2D eigenvalue weighted by Gasteiger charge is 2.28. The molecule has 4 rings (SSSR count). The van der Waals surface area contributed by atoms with Crippen LogP contribution in [0.2, 0.25) is 0 Å². The molecule has 10 heteroatoms. The van der Waals surface area contributed by atoms with Crippen molar-refractivity contribution in [3.8, 4) is 22.9 Å². The van der Waals surface area contributed by atoms with Crippen molar-refractivity contribution in [2.45, 2.75) is 92.0 Å². The molecule has 2 aliphatic heterocycles. The van der Waals surface area contributed by atoms with Crippen LogP contribution in [0.25, 0.3) is 11.4 Å². The number of nitrogens with one attached hydrogen (secondary N) is 2. The molecule has 0 aliphatic carbocycles. The van der Waals surface area contributed by atoms with Gasteiger partial charge in [-0.2, -0.15) is 0 Å². The van der Waals surface area contributed by atoms with E-state index < -0.39 is 5.60 Å². The van der Waals surface area contributed by atoms with Crippen LogP contribution in [0.4, 0.5) is 4.79 Å². The van der Waals surface area contributed by atoms with Crippen LogP contribution in [0.1, 0.15) is 73.4 Å². The molecule has 2 N–H and O–H groups in total. The molecule has 1 saturated heterocycles. The van der Waals surface area contributed by atoms with E-state index in [1.807, 2.05) is 63.9 Å². The Morgan fingerprint density at radius 3 is 2.67 bits per heavy atom. The maximum Gasteiger partial charge on any atom is 0.410 e. The van der Waals surface area contributed by atoms with Crippen molar-refractivity contribution in [3.05, 3.63) is 30.1 Å². The summed E-state index contributed by atoms with van der Waals surface area (Å²) in [5.41, 5.74) is 1.10. The highest BCUT2D eigenvalue weighted by molar-refractivity contribution is 6.04. The highest BCUT2D eigenvalue weighted by Crippen LogP contribution is 2.36. The summed E-state index contributed by atoms with van der Waals surface area (Å²) in [6, 6.07) is 6.07. The zero-order valence-corrected chi connectivity index (χ0v) is 24.9. The van der Waals surface area contributed by atoms with Crippen LogP contribution in [-0.4, -0.2) is 69.7 Å². The topological polar surface area (TPSA) is 114 Å². The third-order valence-corrected chi connectivity index (χ3v) is 6.92. The Bertz CT molecular complexity index is 1250. The lowest BCUT2D eigenvalue weighted by atomic mass is 9.95. The molecule has 1 amide bonds. The van der Waals surface area contributed by atoms with Crippen molar-refractivity contribution in [1.82, 2.24) is 19.8 Å². The Balaban J connectivity index is 1.47. The summed E-state index contributed by atoms with van der Waals surface area (Å²) in [5.74, 6) is 3.43. The number of carbonyl (C=O) groups is 1. The molecule has 0 spiro atoms. The molecule has 0 bridgehead atoms. The van der Waals surface area contributed by atoms with Crippen LogP contribution in [0, 0.1) is 11.3 Å². The van der Waals surface area contributed by atoms with Crippen LogP contribution in [-0.2, 0) is 11.3 Å². The number of amides is 1. The van der Waals surface area contributed by atoms with E-state index in [-0.39, 0.29) is 24.1 Å². The fraction of sp³-hybridized carbons (Fsp3) is 0.600. The van der Waals surface area contributed by atoms with Gasteiger partial charge in [0.2, 0.25) is 0 Å². The van der Waals surface area contributed by atoms with Gasteiger partial charge in [-0.3, -0.25) is 5.41 Å². The number of aliphatic imine (C=N–C) groups is 1. The van der Waals surface area contributed by atoms with Crippen molar-refractivity contribution in [2.24, 2.45) is 10.9 Å². The van der Waals surface area contributed by atoms with E-state index in [4.69, 9.17) is 24.6 Å². The minimum Gasteiger partial charge on any atom is -0.491 e. The lowest BCUT2D eigenvalue weighted by Crippen LogP contribution is -2.37. The third-order valence-electron chi connectivity index (χ3n) is 6.92. The SMILES string of the molecule is CC(=N)/N=C(\NC(C)C)c1cn2c(n1)-c1ccc(OC(C)C3CCCN(C(=O)OC(C)(C)C)CC3)cc1OCC2. The van der Waals surface area contributed by atoms with Gasteiger partial charge in [-0.05, 0) is 85.8 Å². The van der Waals surface area contributed by atoms with E-state index in [2.05, 4.69) is 21.8 Å². The zero-order valence-electron chi connectivity index (χ0n) is 24.9. The van der Waals surface area contributed by atoms with Gasteiger partial charge in [0.05, 0.1) is 18.2 Å². The fourth-order valence-electron chi connectivity index (χ4n) is 5.07. The third kappa shape index (κ3) is 7.55. The maximum absolute atomic E-state index is 12.6. The Morgan fingerprint density at radius 2 is 1.98 bits per heavy atom. The molecule has 1 aromatic heterocycles. The van der Waals surface area contributed by atoms with Crippen molar-refractivity contribution >= 4 is 17.8 Å². The number of likely N-dealkylation sites (tertiary alicyclic amines) is 1. The normalized spacial score (nSPS) is 18.6. The Labute approximate surface area is 237 Å². The van der Waals surface area contributed by atoms with Gasteiger partial charge in [0, 0.05) is 31.4 Å². The van der Waals surface area contributed by atoms with E-state index in [0.717, 1.165) is 42.1 Å². The first-order valence-electron chi connectivity index (χ1n) is 14.3. The molecule has 218 valence electrons. The average molecular weight is 553 g/mol. The van der Waals surface area contributed by atoms with Crippen molar-refractivity contribution in [2.75, 3.05) is 19.7 Å². The minimum atomic E-state index is -0.494. The minimum absolute atomic E-state index is 0.0127. The Hall–Kier alpha value is -3.56. The first-order chi connectivity index (χ1) is 18.9. The summed E-state index contributed by atoms with van der Waals surface area (Å²) in [4.78, 5) is 23.6. The summed E-state index contributed by atoms with van der Waals surface area (Å²) < 4.78 is 20.2. The number of fused-ring (bicyclic) bond motifs is 3. The molecule has 1 aromatic carbocycles. The molecule has 0 radical (unpaired) electrons. The summed E-state index contributed by atoms with van der Waals surface area (Å²) in [5, 5.41) is 11.2. The molecule has 10 nitrogen and oxygen atoms in total. The van der Waals surface area contributed by atoms with Gasteiger partial charge in [0.15, 0.2) is 5.84 Å². The molecule has 3 heterocycles. The second-order valence-electron chi connectivity index (χ2n) is 12.0. The van der Waals surface area contributed by atoms with E-state index in [9.17, 15) is 4.79 Å². The van der Waals surface area contributed by atoms with Gasteiger partial charge < -0.3 is 29.0 Å². The number of carbonyl (C=O) groups excluding carboxylic acids is 1. The largest absolute Gasteiger partial charge is 0.491 e. The summed E-state index contributed by atoms with van der Waals surface area (Å²) in [6.07, 6.45) is 4.49. The lowest BCUT2D eigenvalue weighted by molar-refractivity contribution is 0.0251. The molecular formula is C30H44N6O4. The van der Waals surface area contributed by atoms with Gasteiger partial charge in [0.1, 0.15) is 41.1 Å². The van der Waals surface area contributed by atoms with Gasteiger partial charge in [-0.15, -0.1) is 0 Å². The molecule has 0 saturated carbocycles. The first-order valence-corrected chi connectivity index (χ1v) is 14.3. The summed E-state index contributed by atoms with van der Waals surface area (Å²) in [7, 11) is 0. The number of benzene rings is 1. The average Bonchev–Trinajstić information content (AvgIpc) is 3.01. The van der Waals surface area contributed by atoms with E-state index in [1.54, 1.807) is 6.92 Å². The van der Waals surface area contributed by atoms with E-state index >= 15 is 0 Å². The second-order valence-corrected chi connectivity index (χ2v) is 12.0. The van der Waals surface area contributed by atoms with Crippen LogP contribution in [0.3, 0.4) is 0 Å². The molecule has 2 aliphatic rings.